The fraction of sp³-hybridized carbons (Fsp3) is 0. The van der Waals surface area contributed by atoms with Crippen molar-refractivity contribution in [3.8, 4) is 72.4 Å². The maximum atomic E-state index is 2.39. The SMILES string of the molecule is c1ccc(-c2cc(-c3ccccc3)cc(-c3ccc(N(c4ccc(-c5ccc6ccccc6c5)cc4)c4cccc(-c5cccc(-c6cccc7c6c6ccccc6n7-c6ccccc6)c5)c4)cc3)c2)cc1. The average molecular weight is 917 g/mol. The second-order valence-corrected chi connectivity index (χ2v) is 18.5. The Morgan fingerprint density at radius 1 is 0.236 bits per heavy atom. The molecule has 72 heavy (non-hydrogen) atoms. The van der Waals surface area contributed by atoms with E-state index in [0.29, 0.717) is 0 Å². The Kier molecular flexibility index (Phi) is 10.9. The molecule has 13 aromatic rings. The zero-order chi connectivity index (χ0) is 47.8. The van der Waals surface area contributed by atoms with Crippen molar-refractivity contribution in [1.29, 1.82) is 0 Å². The largest absolute Gasteiger partial charge is 0.310 e. The van der Waals surface area contributed by atoms with E-state index in [1.165, 1.54) is 82.6 Å². The monoisotopic (exact) mass is 916 g/mol. The number of nitrogens with zero attached hydrogens (tertiary/aromatic N) is 2. The Hall–Kier alpha value is -9.50. The molecule has 0 bridgehead atoms. The fourth-order valence-electron chi connectivity index (χ4n) is 10.6. The molecule has 2 nitrogen and oxygen atoms in total. The molecule has 12 aromatic carbocycles. The molecule has 1 aromatic heterocycles. The van der Waals surface area contributed by atoms with Gasteiger partial charge in [-0.3, -0.25) is 0 Å². The second kappa shape index (κ2) is 18.4. The number of benzene rings is 12. The summed E-state index contributed by atoms with van der Waals surface area (Å²) in [6.45, 7) is 0. The van der Waals surface area contributed by atoms with E-state index in [1.54, 1.807) is 0 Å². The van der Waals surface area contributed by atoms with Crippen LogP contribution in [0.15, 0.2) is 291 Å². The van der Waals surface area contributed by atoms with Crippen molar-refractivity contribution >= 4 is 49.6 Å². The summed E-state index contributed by atoms with van der Waals surface area (Å²) in [4.78, 5) is 2.39. The van der Waals surface area contributed by atoms with Gasteiger partial charge in [0.25, 0.3) is 0 Å². The van der Waals surface area contributed by atoms with Crippen molar-refractivity contribution in [2.75, 3.05) is 4.90 Å². The predicted molar refractivity (Wildman–Crippen MR) is 306 cm³/mol. The van der Waals surface area contributed by atoms with Crippen LogP contribution in [0.25, 0.3) is 105 Å². The third kappa shape index (κ3) is 8.01. The lowest BCUT2D eigenvalue weighted by atomic mass is 9.93. The number of aromatic nitrogens is 1. The number of hydrogen-bond acceptors (Lipinski definition) is 1. The van der Waals surface area contributed by atoms with Gasteiger partial charge >= 0.3 is 0 Å². The summed E-state index contributed by atoms with van der Waals surface area (Å²) in [5.41, 5.74) is 21.0. The van der Waals surface area contributed by atoms with Gasteiger partial charge in [-0.15, -0.1) is 0 Å². The lowest BCUT2D eigenvalue weighted by Gasteiger charge is -2.26. The molecule has 0 N–H and O–H groups in total. The molecule has 0 saturated carbocycles. The Balaban J connectivity index is 0.904. The Morgan fingerprint density at radius 3 is 1.35 bits per heavy atom. The average Bonchev–Trinajstić information content (AvgIpc) is 3.81. The predicted octanol–water partition coefficient (Wildman–Crippen LogP) is 19.4. The van der Waals surface area contributed by atoms with E-state index in [0.717, 1.165) is 39.4 Å². The van der Waals surface area contributed by atoms with Crippen LogP contribution in [0.2, 0.25) is 0 Å². The first-order valence-electron chi connectivity index (χ1n) is 24.7. The minimum Gasteiger partial charge on any atom is -0.310 e. The van der Waals surface area contributed by atoms with Crippen LogP contribution in [0.4, 0.5) is 17.1 Å². The minimum atomic E-state index is 1.08. The van der Waals surface area contributed by atoms with Crippen molar-refractivity contribution in [1.82, 2.24) is 4.57 Å². The van der Waals surface area contributed by atoms with Crippen molar-refractivity contribution in [3.63, 3.8) is 0 Å². The van der Waals surface area contributed by atoms with Gasteiger partial charge in [0, 0.05) is 33.5 Å². The topological polar surface area (TPSA) is 8.17 Å². The lowest BCUT2D eigenvalue weighted by molar-refractivity contribution is 1.18. The van der Waals surface area contributed by atoms with Gasteiger partial charge in [-0.1, -0.05) is 200 Å². The van der Waals surface area contributed by atoms with Crippen molar-refractivity contribution in [3.05, 3.63) is 291 Å². The van der Waals surface area contributed by atoms with Gasteiger partial charge in [-0.05, 0) is 169 Å². The van der Waals surface area contributed by atoms with Crippen LogP contribution >= 0.6 is 0 Å². The van der Waals surface area contributed by atoms with Crippen LogP contribution in [0.5, 0.6) is 0 Å². The number of fused-ring (bicyclic) bond motifs is 4. The summed E-state index contributed by atoms with van der Waals surface area (Å²) in [5, 5.41) is 4.98. The highest BCUT2D eigenvalue weighted by molar-refractivity contribution is 6.16. The van der Waals surface area contributed by atoms with Gasteiger partial charge in [0.1, 0.15) is 0 Å². The van der Waals surface area contributed by atoms with E-state index in [9.17, 15) is 0 Å². The van der Waals surface area contributed by atoms with Gasteiger partial charge in [0.05, 0.1) is 11.0 Å². The number of para-hydroxylation sites is 2. The van der Waals surface area contributed by atoms with E-state index >= 15 is 0 Å². The Labute approximate surface area is 420 Å². The van der Waals surface area contributed by atoms with Crippen LogP contribution in [-0.4, -0.2) is 4.57 Å². The molecule has 0 atom stereocenters. The van der Waals surface area contributed by atoms with Gasteiger partial charge in [0.15, 0.2) is 0 Å². The molecule has 1 heterocycles. The highest BCUT2D eigenvalue weighted by atomic mass is 15.1. The van der Waals surface area contributed by atoms with E-state index in [-0.39, 0.29) is 0 Å². The first kappa shape index (κ1) is 42.6. The van der Waals surface area contributed by atoms with Gasteiger partial charge in [-0.25, -0.2) is 0 Å². The molecule has 2 heteroatoms. The summed E-state index contributed by atoms with van der Waals surface area (Å²) in [7, 11) is 0. The summed E-state index contributed by atoms with van der Waals surface area (Å²) in [6.07, 6.45) is 0. The molecule has 0 saturated heterocycles. The molecule has 0 fully saturated rings. The second-order valence-electron chi connectivity index (χ2n) is 18.5. The lowest BCUT2D eigenvalue weighted by Crippen LogP contribution is -2.10. The van der Waals surface area contributed by atoms with Gasteiger partial charge in [0.2, 0.25) is 0 Å². The molecule has 0 aliphatic carbocycles. The summed E-state index contributed by atoms with van der Waals surface area (Å²) >= 11 is 0. The normalized spacial score (nSPS) is 11.3. The first-order chi connectivity index (χ1) is 35.7. The zero-order valence-corrected chi connectivity index (χ0v) is 39.6. The zero-order valence-electron chi connectivity index (χ0n) is 39.6. The van der Waals surface area contributed by atoms with Gasteiger partial charge < -0.3 is 9.47 Å². The fourth-order valence-corrected chi connectivity index (χ4v) is 10.6. The van der Waals surface area contributed by atoms with E-state index < -0.39 is 0 Å². The molecule has 0 amide bonds. The molecule has 0 unspecified atom stereocenters. The van der Waals surface area contributed by atoms with Crippen LogP contribution in [0.1, 0.15) is 0 Å². The quantitative estimate of drug-likeness (QED) is 0.133. The molecular formula is C70H48N2. The maximum absolute atomic E-state index is 2.39. The first-order valence-corrected chi connectivity index (χ1v) is 24.7. The minimum absolute atomic E-state index is 1.08. The summed E-state index contributed by atoms with van der Waals surface area (Å²) < 4.78 is 2.39. The summed E-state index contributed by atoms with van der Waals surface area (Å²) in [6, 6.07) is 106. The molecule has 0 spiro atoms. The molecule has 0 radical (unpaired) electrons. The number of rotatable bonds is 10. The van der Waals surface area contributed by atoms with Crippen molar-refractivity contribution in [2.24, 2.45) is 0 Å². The molecule has 0 aliphatic heterocycles. The van der Waals surface area contributed by atoms with Crippen LogP contribution in [0.3, 0.4) is 0 Å². The standard InChI is InChI=1S/C70H48N2/c1-4-17-49(18-5-1)59-45-60(50-19-6-2-7-20-50)47-61(46-59)53-37-41-64(42-38-53)71(63-39-35-52(36-40-63)57-34-33-51-21-10-11-22-54(51)43-57)65-28-15-24-56(48-65)55-23-14-25-58(44-55)66-30-16-32-69-70(66)67-29-12-13-31-68(67)72(69)62-26-8-3-9-27-62/h1-48H. The molecule has 338 valence electrons. The Bertz CT molecular complexity index is 4000. The van der Waals surface area contributed by atoms with E-state index in [1.807, 2.05) is 0 Å². The highest BCUT2D eigenvalue weighted by Gasteiger charge is 2.18. The number of hydrogen-bond donors (Lipinski definition) is 0. The van der Waals surface area contributed by atoms with Crippen LogP contribution < -0.4 is 4.90 Å². The molecular weight excluding hydrogens is 869 g/mol. The summed E-state index contributed by atoms with van der Waals surface area (Å²) in [5.74, 6) is 0. The van der Waals surface area contributed by atoms with Gasteiger partial charge in [-0.2, -0.15) is 0 Å². The number of anilines is 3. The third-order valence-electron chi connectivity index (χ3n) is 14.1. The molecule has 0 aliphatic rings. The van der Waals surface area contributed by atoms with Crippen molar-refractivity contribution < 1.29 is 0 Å². The third-order valence-corrected chi connectivity index (χ3v) is 14.1. The maximum Gasteiger partial charge on any atom is 0.0547 e. The van der Waals surface area contributed by atoms with Crippen molar-refractivity contribution in [2.45, 2.75) is 0 Å². The highest BCUT2D eigenvalue weighted by Crippen LogP contribution is 2.42. The Morgan fingerprint density at radius 2 is 0.681 bits per heavy atom. The van der Waals surface area contributed by atoms with Crippen LogP contribution in [-0.2, 0) is 0 Å². The smallest absolute Gasteiger partial charge is 0.0547 e. The molecule has 13 rings (SSSR count). The van der Waals surface area contributed by atoms with Crippen LogP contribution in [0, 0.1) is 0 Å². The van der Waals surface area contributed by atoms with E-state index in [4.69, 9.17) is 0 Å². The van der Waals surface area contributed by atoms with E-state index in [2.05, 4.69) is 301 Å².